The van der Waals surface area contributed by atoms with Crippen LogP contribution in [0.4, 0.5) is 22.7 Å². The molecule has 10 aromatic rings. The van der Waals surface area contributed by atoms with Crippen LogP contribution in [0.2, 0.25) is 0 Å². The van der Waals surface area contributed by atoms with E-state index >= 15 is 0 Å². The number of hydrogen-bond donors (Lipinski definition) is 0. The molecule has 0 bridgehead atoms. The van der Waals surface area contributed by atoms with E-state index in [2.05, 4.69) is 118 Å². The number of pyridine rings is 1. The first kappa shape index (κ1) is 34.4. The Labute approximate surface area is 411 Å². The van der Waals surface area contributed by atoms with Gasteiger partial charge in [-0.05, 0) is 117 Å². The van der Waals surface area contributed by atoms with Crippen LogP contribution in [0.25, 0.3) is 61.0 Å². The molecule has 0 saturated heterocycles. The van der Waals surface area contributed by atoms with Crippen LogP contribution in [-0.2, 0) is 10.8 Å². The molecule has 3 heterocycles. The van der Waals surface area contributed by atoms with Crippen molar-refractivity contribution in [3.8, 4) is 50.7 Å². The summed E-state index contributed by atoms with van der Waals surface area (Å²) in [5.74, 6) is 1.63. The second-order valence-electron chi connectivity index (χ2n) is 19.6. The maximum absolute atomic E-state index is 9.24. The molecule has 8 aromatic carbocycles. The van der Waals surface area contributed by atoms with Crippen molar-refractivity contribution in [2.24, 2.45) is 0 Å². The summed E-state index contributed by atoms with van der Waals surface area (Å²) in [5, 5.41) is 1.93. The number of para-hydroxylation sites is 3. The number of aromatic nitrogens is 2. The minimum absolute atomic E-state index is 0.130. The van der Waals surface area contributed by atoms with Crippen molar-refractivity contribution in [2.75, 3.05) is 16.5 Å². The fraction of sp³-hybridized carbons (Fsp3) is 0.159. The highest BCUT2D eigenvalue weighted by molar-refractivity contribution is 6.11. The SMILES string of the molecule is [2H]c1c([2H])c([2H])c(-c2cccc(-c3cc(C(C)(C)C)cc(C(C)(C)C)c3)c2N2CN(c3cccc(Oc4ccc5c6cc(-c7ccccc7)ccc6n(-c6cc(C([2H])([2H])[2H])ccn6)c5c4)c3)c3ccccc32)c([2H])c1[2H]. The second-order valence-corrected chi connectivity index (χ2v) is 19.6. The molecule has 0 fully saturated rings. The van der Waals surface area contributed by atoms with Gasteiger partial charge < -0.3 is 14.5 Å². The van der Waals surface area contributed by atoms with Crippen molar-refractivity contribution in [3.05, 3.63) is 217 Å². The lowest BCUT2D eigenvalue weighted by Gasteiger charge is -2.29. The second kappa shape index (κ2) is 16.8. The largest absolute Gasteiger partial charge is 0.457 e. The molecule has 0 saturated carbocycles. The van der Waals surface area contributed by atoms with Crippen molar-refractivity contribution in [1.82, 2.24) is 9.55 Å². The van der Waals surface area contributed by atoms with E-state index < -0.39 is 25.0 Å². The zero-order valence-corrected chi connectivity index (χ0v) is 39.1. The zero-order valence-electron chi connectivity index (χ0n) is 47.1. The number of hydrogen-bond acceptors (Lipinski definition) is 4. The van der Waals surface area contributed by atoms with Crippen LogP contribution in [0.5, 0.6) is 11.5 Å². The van der Waals surface area contributed by atoms with Crippen molar-refractivity contribution in [3.63, 3.8) is 0 Å². The van der Waals surface area contributed by atoms with E-state index in [-0.39, 0.29) is 34.0 Å². The molecule has 0 N–H and O–H groups in total. The van der Waals surface area contributed by atoms with Gasteiger partial charge in [-0.2, -0.15) is 0 Å². The third-order valence-corrected chi connectivity index (χ3v) is 13.0. The van der Waals surface area contributed by atoms with Crippen LogP contribution in [0.3, 0.4) is 0 Å². The van der Waals surface area contributed by atoms with E-state index in [1.54, 1.807) is 12.3 Å². The highest BCUT2D eigenvalue weighted by Gasteiger charge is 2.32. The summed E-state index contributed by atoms with van der Waals surface area (Å²) in [6, 6.07) is 52.4. The predicted molar refractivity (Wildman–Crippen MR) is 286 cm³/mol. The van der Waals surface area contributed by atoms with E-state index in [1.807, 2.05) is 89.5 Å². The van der Waals surface area contributed by atoms with E-state index in [1.165, 1.54) is 6.07 Å². The van der Waals surface area contributed by atoms with Crippen LogP contribution in [0, 0.1) is 6.85 Å². The fourth-order valence-corrected chi connectivity index (χ4v) is 9.44. The average Bonchev–Trinajstić information content (AvgIpc) is 3.98. The van der Waals surface area contributed by atoms with Crippen LogP contribution in [0.15, 0.2) is 200 Å². The molecule has 0 spiro atoms. The average molecular weight is 893 g/mol. The molecule has 0 radical (unpaired) electrons. The van der Waals surface area contributed by atoms with Gasteiger partial charge in [0.15, 0.2) is 0 Å². The molecule has 11 rings (SSSR count). The number of ether oxygens (including phenoxy) is 1. The number of benzene rings is 8. The van der Waals surface area contributed by atoms with Gasteiger partial charge in [0, 0.05) is 50.0 Å². The first-order chi connectivity index (χ1) is 36.2. The van der Waals surface area contributed by atoms with E-state index in [0.29, 0.717) is 35.2 Å². The number of anilines is 4. The quantitative estimate of drug-likeness (QED) is 0.152. The highest BCUT2D eigenvalue weighted by Crippen LogP contribution is 2.51. The monoisotopic (exact) mass is 892 g/mol. The smallest absolute Gasteiger partial charge is 0.137 e. The minimum Gasteiger partial charge on any atom is -0.457 e. The highest BCUT2D eigenvalue weighted by atomic mass is 16.5. The molecular formula is C63H56N4O. The molecule has 5 nitrogen and oxygen atoms in total. The van der Waals surface area contributed by atoms with Gasteiger partial charge in [0.05, 0.1) is 34.9 Å². The molecule has 0 aliphatic carbocycles. The minimum atomic E-state index is -2.33. The summed E-state index contributed by atoms with van der Waals surface area (Å²) < 4.78 is 77.8. The molecular weight excluding hydrogens is 829 g/mol. The lowest BCUT2D eigenvalue weighted by molar-refractivity contribution is 0.483. The molecule has 1 aliphatic rings. The van der Waals surface area contributed by atoms with Gasteiger partial charge in [-0.3, -0.25) is 4.57 Å². The molecule has 0 amide bonds. The Balaban J connectivity index is 1.03. The maximum Gasteiger partial charge on any atom is 0.137 e. The molecule has 5 heteroatoms. The Hall–Kier alpha value is -7.89. The lowest BCUT2D eigenvalue weighted by Crippen LogP contribution is -2.25. The molecule has 0 unspecified atom stereocenters. The van der Waals surface area contributed by atoms with Gasteiger partial charge in [-0.1, -0.05) is 163 Å². The van der Waals surface area contributed by atoms with Gasteiger partial charge in [0.2, 0.25) is 0 Å². The zero-order chi connectivity index (χ0) is 53.6. The topological polar surface area (TPSA) is 33.5 Å². The molecule has 1 aliphatic heterocycles. The Bertz CT molecular complexity index is 3870. The Morgan fingerprint density at radius 3 is 1.96 bits per heavy atom. The van der Waals surface area contributed by atoms with Crippen LogP contribution >= 0.6 is 0 Å². The molecule has 2 aromatic heterocycles. The molecule has 0 atom stereocenters. The first-order valence-electron chi connectivity index (χ1n) is 27.0. The predicted octanol–water partition coefficient (Wildman–Crippen LogP) is 17.1. The van der Waals surface area contributed by atoms with Gasteiger partial charge in [0.25, 0.3) is 0 Å². The van der Waals surface area contributed by atoms with Crippen molar-refractivity contribution in [1.29, 1.82) is 0 Å². The third kappa shape index (κ3) is 7.88. The van der Waals surface area contributed by atoms with Gasteiger partial charge in [0.1, 0.15) is 24.0 Å². The van der Waals surface area contributed by atoms with Crippen molar-refractivity contribution in [2.45, 2.75) is 59.2 Å². The summed E-state index contributed by atoms with van der Waals surface area (Å²) in [6.07, 6.45) is 1.54. The number of nitrogens with zero attached hydrogens (tertiary/aromatic N) is 4. The third-order valence-electron chi connectivity index (χ3n) is 13.0. The van der Waals surface area contributed by atoms with E-state index in [4.69, 9.17) is 17.9 Å². The summed E-state index contributed by atoms with van der Waals surface area (Å²) in [4.78, 5) is 9.10. The van der Waals surface area contributed by atoms with Gasteiger partial charge in [-0.15, -0.1) is 0 Å². The number of aryl methyl sites for hydroxylation is 1. The van der Waals surface area contributed by atoms with Crippen molar-refractivity contribution >= 4 is 44.6 Å². The van der Waals surface area contributed by atoms with E-state index in [0.717, 1.165) is 72.2 Å². The number of rotatable bonds is 8. The van der Waals surface area contributed by atoms with Crippen LogP contribution < -0.4 is 14.5 Å². The summed E-state index contributed by atoms with van der Waals surface area (Å²) >= 11 is 0. The molecule has 68 heavy (non-hydrogen) atoms. The Kier molecular flexibility index (Phi) is 8.49. The van der Waals surface area contributed by atoms with Crippen molar-refractivity contribution < 1.29 is 15.7 Å². The first-order valence-corrected chi connectivity index (χ1v) is 23.0. The fourth-order valence-electron chi connectivity index (χ4n) is 9.44. The van der Waals surface area contributed by atoms with Gasteiger partial charge in [-0.25, -0.2) is 4.98 Å². The summed E-state index contributed by atoms with van der Waals surface area (Å²) in [7, 11) is 0. The standard InChI is InChI=1S/C63H56N4O/c1-42-32-33-64-60(34-42)67-56-31-28-45(43-18-10-8-11-19-43)37-55(56)54-30-29-51(40-59(54)67)68-50-23-16-22-49(39-50)65-41-66(58-27-15-14-26-57(58)65)61-52(44-20-12-9-13-21-44)24-17-25-53(61)46-35-47(62(2,3)4)38-48(36-46)63(5,6)7/h8-40H,41H2,1-7H3/i1D3,9D,12D,13D,20D,21D. The van der Waals surface area contributed by atoms with E-state index in [9.17, 15) is 2.74 Å². The van der Waals surface area contributed by atoms with Crippen LogP contribution in [-0.4, -0.2) is 16.2 Å². The summed E-state index contributed by atoms with van der Waals surface area (Å²) in [6.45, 7) is 11.2. The number of fused-ring (bicyclic) bond motifs is 4. The van der Waals surface area contributed by atoms with Gasteiger partial charge >= 0.3 is 0 Å². The van der Waals surface area contributed by atoms with Crippen LogP contribution in [0.1, 0.15) is 69.2 Å². The Morgan fingerprint density at radius 2 is 1.22 bits per heavy atom. The maximum atomic E-state index is 9.24. The molecule has 334 valence electrons. The normalized spacial score (nSPS) is 14.7. The summed E-state index contributed by atoms with van der Waals surface area (Å²) in [5.41, 5.74) is 11.7. The lowest BCUT2D eigenvalue weighted by atomic mass is 9.78. The Morgan fingerprint density at radius 1 is 0.529 bits per heavy atom.